The molecule has 1 aliphatic heterocycles. The summed E-state index contributed by atoms with van der Waals surface area (Å²) in [4.78, 5) is 4.69. The summed E-state index contributed by atoms with van der Waals surface area (Å²) in [6.45, 7) is 4.75. The fourth-order valence-electron chi connectivity index (χ4n) is 3.25. The lowest BCUT2D eigenvalue weighted by Gasteiger charge is -2.17. The normalized spacial score (nSPS) is 14.5. The van der Waals surface area contributed by atoms with Crippen LogP contribution in [-0.4, -0.2) is 17.7 Å². The number of methoxy groups -OCH3 is 1. The molecule has 1 aliphatic rings. The molecule has 0 fully saturated rings. The maximum atomic E-state index is 13.0. The van der Waals surface area contributed by atoms with Crippen molar-refractivity contribution in [3.05, 3.63) is 58.7 Å². The van der Waals surface area contributed by atoms with Crippen LogP contribution in [0.2, 0.25) is 0 Å². The van der Waals surface area contributed by atoms with Gasteiger partial charge in [0.05, 0.1) is 12.8 Å². The highest BCUT2D eigenvalue weighted by atomic mass is 32.1. The lowest BCUT2D eigenvalue weighted by atomic mass is 9.99. The van der Waals surface area contributed by atoms with Gasteiger partial charge in [-0.05, 0) is 43.7 Å². The van der Waals surface area contributed by atoms with Gasteiger partial charge >= 0.3 is 0 Å². The number of fused-ring (bicyclic) bond motifs is 1. The summed E-state index contributed by atoms with van der Waals surface area (Å²) in [5.41, 5.74) is 3.83. The van der Waals surface area contributed by atoms with Crippen LogP contribution >= 0.6 is 11.3 Å². The van der Waals surface area contributed by atoms with E-state index in [1.54, 1.807) is 30.6 Å². The Labute approximate surface area is 162 Å². The first-order valence-corrected chi connectivity index (χ1v) is 9.66. The van der Waals surface area contributed by atoms with E-state index in [2.05, 4.69) is 30.2 Å². The molecule has 0 aliphatic carbocycles. The zero-order valence-corrected chi connectivity index (χ0v) is 16.3. The molecule has 0 bridgehead atoms. The Hall–Kier alpha value is -2.60. The maximum absolute atomic E-state index is 13.0. The number of ether oxygens (including phenoxy) is 2. The molecule has 27 heavy (non-hydrogen) atoms. The standard InChI is InChI=1S/C21H21FN2O2S/c1-21(2)10-15-8-14(9-18(25-3)19(15)26-21)17-12-27-20(24-17)23-11-13-4-6-16(22)7-5-13/h4-9,12H,10-11H2,1-3H3,(H,23,24). The number of benzene rings is 2. The van der Waals surface area contributed by atoms with Crippen molar-refractivity contribution < 1.29 is 13.9 Å². The van der Waals surface area contributed by atoms with E-state index in [9.17, 15) is 4.39 Å². The number of halogens is 1. The Bertz CT molecular complexity index is 967. The molecule has 2 heterocycles. The SMILES string of the molecule is COc1cc(-c2csc(NCc3ccc(F)cc3)n2)cc2c1OC(C)(C)C2. The second-order valence-corrected chi connectivity index (χ2v) is 8.08. The molecule has 1 N–H and O–H groups in total. The average molecular weight is 384 g/mol. The van der Waals surface area contributed by atoms with Crippen LogP contribution in [0.5, 0.6) is 11.5 Å². The molecule has 4 nitrogen and oxygen atoms in total. The lowest BCUT2D eigenvalue weighted by Crippen LogP contribution is -2.24. The number of hydrogen-bond donors (Lipinski definition) is 1. The molecule has 0 atom stereocenters. The highest BCUT2D eigenvalue weighted by molar-refractivity contribution is 7.14. The third-order valence-electron chi connectivity index (χ3n) is 4.50. The van der Waals surface area contributed by atoms with E-state index in [0.29, 0.717) is 6.54 Å². The first kappa shape index (κ1) is 17.8. The minimum atomic E-state index is -0.229. The van der Waals surface area contributed by atoms with Gasteiger partial charge in [0.2, 0.25) is 0 Å². The first-order chi connectivity index (χ1) is 12.9. The zero-order valence-electron chi connectivity index (χ0n) is 15.5. The van der Waals surface area contributed by atoms with Gasteiger partial charge in [-0.2, -0.15) is 0 Å². The highest BCUT2D eigenvalue weighted by Gasteiger charge is 2.33. The lowest BCUT2D eigenvalue weighted by molar-refractivity contribution is 0.134. The second kappa shape index (κ2) is 6.85. The number of nitrogens with zero attached hydrogens (tertiary/aromatic N) is 1. The summed E-state index contributed by atoms with van der Waals surface area (Å²) >= 11 is 1.54. The molecule has 0 spiro atoms. The summed E-state index contributed by atoms with van der Waals surface area (Å²) in [5.74, 6) is 1.34. The zero-order chi connectivity index (χ0) is 19.0. The van der Waals surface area contributed by atoms with Gasteiger partial charge in [0.15, 0.2) is 16.6 Å². The molecule has 0 radical (unpaired) electrons. The fraction of sp³-hybridized carbons (Fsp3) is 0.286. The van der Waals surface area contributed by atoms with E-state index < -0.39 is 0 Å². The highest BCUT2D eigenvalue weighted by Crippen LogP contribution is 2.44. The number of anilines is 1. The summed E-state index contributed by atoms with van der Waals surface area (Å²) in [6, 6.07) is 10.6. The number of rotatable bonds is 5. The molecule has 140 valence electrons. The van der Waals surface area contributed by atoms with Gasteiger partial charge in [-0.15, -0.1) is 11.3 Å². The van der Waals surface area contributed by atoms with Gasteiger partial charge in [0, 0.05) is 29.5 Å². The smallest absolute Gasteiger partial charge is 0.183 e. The molecule has 1 aromatic heterocycles. The molecule has 0 saturated heterocycles. The number of nitrogens with one attached hydrogen (secondary N) is 1. The first-order valence-electron chi connectivity index (χ1n) is 8.78. The molecule has 2 aromatic carbocycles. The van der Waals surface area contributed by atoms with Crippen molar-refractivity contribution >= 4 is 16.5 Å². The largest absolute Gasteiger partial charge is 0.493 e. The molecule has 4 rings (SSSR count). The predicted octanol–water partition coefficient (Wildman–Crippen LogP) is 5.28. The Balaban J connectivity index is 1.54. The number of hydrogen-bond acceptors (Lipinski definition) is 5. The van der Waals surface area contributed by atoms with E-state index in [1.165, 1.54) is 12.1 Å². The van der Waals surface area contributed by atoms with Crippen molar-refractivity contribution in [2.24, 2.45) is 0 Å². The molecule has 0 amide bonds. The van der Waals surface area contributed by atoms with Gasteiger partial charge < -0.3 is 14.8 Å². The monoisotopic (exact) mass is 384 g/mol. The van der Waals surface area contributed by atoms with Crippen molar-refractivity contribution in [1.29, 1.82) is 0 Å². The Morgan fingerprint density at radius 2 is 2.04 bits per heavy atom. The second-order valence-electron chi connectivity index (χ2n) is 7.22. The van der Waals surface area contributed by atoms with Crippen LogP contribution < -0.4 is 14.8 Å². The van der Waals surface area contributed by atoms with Gasteiger partial charge in [0.25, 0.3) is 0 Å². The van der Waals surface area contributed by atoms with E-state index in [0.717, 1.165) is 45.4 Å². The van der Waals surface area contributed by atoms with Crippen molar-refractivity contribution in [1.82, 2.24) is 4.98 Å². The van der Waals surface area contributed by atoms with Crippen molar-refractivity contribution in [3.63, 3.8) is 0 Å². The van der Waals surface area contributed by atoms with E-state index in [4.69, 9.17) is 9.47 Å². The van der Waals surface area contributed by atoms with Gasteiger partial charge in [-0.25, -0.2) is 9.37 Å². The molecule has 0 unspecified atom stereocenters. The van der Waals surface area contributed by atoms with Crippen molar-refractivity contribution in [2.45, 2.75) is 32.4 Å². The Kier molecular flexibility index (Phi) is 4.52. The van der Waals surface area contributed by atoms with Crippen LogP contribution in [0.1, 0.15) is 25.0 Å². The Morgan fingerprint density at radius 3 is 2.78 bits per heavy atom. The summed E-state index contributed by atoms with van der Waals surface area (Å²) < 4.78 is 24.6. The minimum absolute atomic E-state index is 0.224. The topological polar surface area (TPSA) is 43.4 Å². The fourth-order valence-corrected chi connectivity index (χ4v) is 3.96. The van der Waals surface area contributed by atoms with E-state index >= 15 is 0 Å². The molecular weight excluding hydrogens is 363 g/mol. The quantitative estimate of drug-likeness (QED) is 0.650. The predicted molar refractivity (Wildman–Crippen MR) is 106 cm³/mol. The van der Waals surface area contributed by atoms with Crippen LogP contribution in [0.3, 0.4) is 0 Å². The number of aromatic nitrogens is 1. The third-order valence-corrected chi connectivity index (χ3v) is 5.30. The van der Waals surface area contributed by atoms with Gasteiger partial charge in [0.1, 0.15) is 11.4 Å². The molecule has 3 aromatic rings. The minimum Gasteiger partial charge on any atom is -0.493 e. The molecule has 0 saturated carbocycles. The third kappa shape index (κ3) is 3.76. The van der Waals surface area contributed by atoms with Crippen LogP contribution in [0.25, 0.3) is 11.3 Å². The van der Waals surface area contributed by atoms with E-state index in [-0.39, 0.29) is 11.4 Å². The van der Waals surface area contributed by atoms with E-state index in [1.807, 2.05) is 11.4 Å². The molecule has 6 heteroatoms. The van der Waals surface area contributed by atoms with Gasteiger partial charge in [-0.1, -0.05) is 12.1 Å². The average Bonchev–Trinajstić information content (AvgIpc) is 3.23. The maximum Gasteiger partial charge on any atom is 0.183 e. The van der Waals surface area contributed by atoms with Crippen LogP contribution in [0, 0.1) is 5.82 Å². The van der Waals surface area contributed by atoms with Crippen molar-refractivity contribution in [3.8, 4) is 22.8 Å². The van der Waals surface area contributed by atoms with Crippen molar-refractivity contribution in [2.75, 3.05) is 12.4 Å². The van der Waals surface area contributed by atoms with Crippen LogP contribution in [-0.2, 0) is 13.0 Å². The van der Waals surface area contributed by atoms with Crippen LogP contribution in [0.15, 0.2) is 41.8 Å². The number of thiazole rings is 1. The van der Waals surface area contributed by atoms with Crippen LogP contribution in [0.4, 0.5) is 9.52 Å². The Morgan fingerprint density at radius 1 is 1.26 bits per heavy atom. The summed E-state index contributed by atoms with van der Waals surface area (Å²) in [7, 11) is 1.66. The van der Waals surface area contributed by atoms with Gasteiger partial charge in [-0.3, -0.25) is 0 Å². The molecular formula is C21H21FN2O2S. The summed E-state index contributed by atoms with van der Waals surface area (Å²) in [5, 5.41) is 6.14. The summed E-state index contributed by atoms with van der Waals surface area (Å²) in [6.07, 6.45) is 0.840.